The molecule has 3 rings (SSSR count). The first kappa shape index (κ1) is 22.3. The Labute approximate surface area is 184 Å². The van der Waals surface area contributed by atoms with Gasteiger partial charge in [-0.1, -0.05) is 33.8 Å². The van der Waals surface area contributed by atoms with Crippen molar-refractivity contribution in [2.75, 3.05) is 36.4 Å². The van der Waals surface area contributed by atoms with E-state index in [1.165, 1.54) is 11.3 Å². The smallest absolute Gasteiger partial charge is 0.265 e. The number of rotatable bonds is 6. The van der Waals surface area contributed by atoms with Crippen molar-refractivity contribution in [2.45, 2.75) is 40.5 Å². The molecule has 2 amide bonds. The van der Waals surface area contributed by atoms with E-state index in [9.17, 15) is 9.59 Å². The van der Waals surface area contributed by atoms with Crippen molar-refractivity contribution >= 4 is 34.5 Å². The highest BCUT2D eigenvalue weighted by Crippen LogP contribution is 2.27. The fraction of sp³-hybridized carbons (Fsp3) is 0.500. The number of nitrogens with one attached hydrogen (secondary N) is 1. The number of carbonyl (C=O) groups excluding carboxylic acids is 2. The summed E-state index contributed by atoms with van der Waals surface area (Å²) < 4.78 is 0. The molecule has 2 aromatic rings. The van der Waals surface area contributed by atoms with E-state index in [-0.39, 0.29) is 17.2 Å². The van der Waals surface area contributed by atoms with Crippen LogP contribution in [0.3, 0.4) is 0 Å². The second-order valence-electron chi connectivity index (χ2n) is 9.42. The van der Waals surface area contributed by atoms with E-state index in [0.717, 1.165) is 44.0 Å². The molecule has 30 heavy (non-hydrogen) atoms. The number of anilines is 2. The Bertz CT molecular complexity index is 832. The van der Waals surface area contributed by atoms with Crippen LogP contribution in [0.15, 0.2) is 41.8 Å². The van der Waals surface area contributed by atoms with E-state index in [1.807, 2.05) is 46.7 Å². The highest BCUT2D eigenvalue weighted by Gasteiger charge is 2.24. The maximum absolute atomic E-state index is 12.7. The van der Waals surface area contributed by atoms with Gasteiger partial charge in [-0.2, -0.15) is 0 Å². The summed E-state index contributed by atoms with van der Waals surface area (Å²) >= 11 is 1.43. The van der Waals surface area contributed by atoms with Gasteiger partial charge in [-0.3, -0.25) is 9.59 Å². The van der Waals surface area contributed by atoms with Gasteiger partial charge in [0.25, 0.3) is 5.91 Å². The third-order valence-electron chi connectivity index (χ3n) is 5.35. The number of hydrogen-bond donors (Lipinski definition) is 1. The van der Waals surface area contributed by atoms with Crippen LogP contribution in [0.2, 0.25) is 0 Å². The number of thiophene rings is 1. The summed E-state index contributed by atoms with van der Waals surface area (Å²) in [6.45, 7) is 12.1. The van der Waals surface area contributed by atoms with Crippen LogP contribution in [-0.2, 0) is 4.79 Å². The van der Waals surface area contributed by atoms with E-state index in [4.69, 9.17) is 0 Å². The molecule has 1 N–H and O–H groups in total. The molecule has 5 nitrogen and oxygen atoms in total. The summed E-state index contributed by atoms with van der Waals surface area (Å²) in [5.74, 6) is 0.607. The lowest BCUT2D eigenvalue weighted by atomic mass is 9.84. The van der Waals surface area contributed by atoms with Crippen LogP contribution in [0.1, 0.15) is 50.2 Å². The van der Waals surface area contributed by atoms with E-state index < -0.39 is 0 Å². The molecule has 0 radical (unpaired) electrons. The van der Waals surface area contributed by atoms with Crippen LogP contribution in [0, 0.1) is 11.3 Å². The van der Waals surface area contributed by atoms with Crippen molar-refractivity contribution < 1.29 is 9.59 Å². The average Bonchev–Trinajstić information content (AvgIpc) is 3.22. The van der Waals surface area contributed by atoms with Crippen molar-refractivity contribution in [2.24, 2.45) is 11.3 Å². The van der Waals surface area contributed by atoms with E-state index >= 15 is 0 Å². The monoisotopic (exact) mass is 427 g/mol. The van der Waals surface area contributed by atoms with Gasteiger partial charge in [0.05, 0.1) is 4.88 Å². The van der Waals surface area contributed by atoms with Crippen LogP contribution in [0.5, 0.6) is 0 Å². The summed E-state index contributed by atoms with van der Waals surface area (Å²) in [5.41, 5.74) is 2.17. The van der Waals surface area contributed by atoms with Crippen molar-refractivity contribution in [3.05, 3.63) is 46.7 Å². The van der Waals surface area contributed by atoms with E-state index in [0.29, 0.717) is 17.2 Å². The number of amides is 2. The molecule has 0 bridgehead atoms. The number of benzene rings is 1. The molecule has 162 valence electrons. The molecule has 1 atom stereocenters. The molecule has 1 aliphatic heterocycles. The molecule has 1 unspecified atom stereocenters. The Balaban J connectivity index is 1.47. The number of carbonyl (C=O) groups is 2. The summed E-state index contributed by atoms with van der Waals surface area (Å²) in [6, 6.07) is 11.6. The first-order chi connectivity index (χ1) is 14.2. The lowest BCUT2D eigenvalue weighted by molar-refractivity contribution is -0.132. The van der Waals surface area contributed by atoms with Gasteiger partial charge in [-0.25, -0.2) is 0 Å². The Morgan fingerprint density at radius 2 is 1.73 bits per heavy atom. The summed E-state index contributed by atoms with van der Waals surface area (Å²) in [7, 11) is 0. The maximum atomic E-state index is 12.7. The van der Waals surface area contributed by atoms with Crippen molar-refractivity contribution in [1.82, 2.24) is 4.90 Å². The molecular formula is C24H33N3O2S. The number of nitrogens with zero attached hydrogens (tertiary/aromatic N) is 2. The molecule has 6 heteroatoms. The van der Waals surface area contributed by atoms with Crippen molar-refractivity contribution in [3.8, 4) is 0 Å². The first-order valence-electron chi connectivity index (χ1n) is 10.7. The third kappa shape index (κ3) is 6.33. The minimum absolute atomic E-state index is 0.0782. The summed E-state index contributed by atoms with van der Waals surface area (Å²) in [6.07, 6.45) is 1.70. The maximum Gasteiger partial charge on any atom is 0.265 e. The second-order valence-corrected chi connectivity index (χ2v) is 10.4. The van der Waals surface area contributed by atoms with Crippen LogP contribution in [0.4, 0.5) is 11.4 Å². The lowest BCUT2D eigenvalue weighted by Gasteiger charge is -2.37. The van der Waals surface area contributed by atoms with E-state index in [1.54, 1.807) is 0 Å². The molecule has 1 fully saturated rings. The summed E-state index contributed by atoms with van der Waals surface area (Å²) in [4.78, 5) is 29.8. The Morgan fingerprint density at radius 3 is 2.30 bits per heavy atom. The highest BCUT2D eigenvalue weighted by molar-refractivity contribution is 7.12. The van der Waals surface area contributed by atoms with Gasteiger partial charge < -0.3 is 15.1 Å². The van der Waals surface area contributed by atoms with Crippen LogP contribution < -0.4 is 10.2 Å². The van der Waals surface area contributed by atoms with Crippen LogP contribution >= 0.6 is 11.3 Å². The fourth-order valence-electron chi connectivity index (χ4n) is 4.11. The molecule has 1 aromatic carbocycles. The topological polar surface area (TPSA) is 52.7 Å². The minimum atomic E-state index is -0.0782. The molecule has 1 aliphatic rings. The number of piperazine rings is 1. The second kappa shape index (κ2) is 9.65. The van der Waals surface area contributed by atoms with Gasteiger partial charge >= 0.3 is 0 Å². The predicted octanol–water partition coefficient (Wildman–Crippen LogP) is 5.11. The number of hydrogen-bond acceptors (Lipinski definition) is 4. The van der Waals surface area contributed by atoms with Crippen molar-refractivity contribution in [1.29, 1.82) is 0 Å². The Hall–Kier alpha value is -2.34. The van der Waals surface area contributed by atoms with Gasteiger partial charge in [0, 0.05) is 44.0 Å². The van der Waals surface area contributed by atoms with Crippen LogP contribution in [0.25, 0.3) is 0 Å². The zero-order valence-electron chi connectivity index (χ0n) is 18.5. The van der Waals surface area contributed by atoms with Gasteiger partial charge in [-0.15, -0.1) is 11.3 Å². The molecule has 1 aromatic heterocycles. The minimum Gasteiger partial charge on any atom is -0.368 e. The predicted molar refractivity (Wildman–Crippen MR) is 125 cm³/mol. The fourth-order valence-corrected chi connectivity index (χ4v) is 4.73. The first-order valence-corrected chi connectivity index (χ1v) is 11.6. The van der Waals surface area contributed by atoms with E-state index in [2.05, 4.69) is 37.9 Å². The van der Waals surface area contributed by atoms with Crippen molar-refractivity contribution in [3.63, 3.8) is 0 Å². The third-order valence-corrected chi connectivity index (χ3v) is 6.22. The normalized spacial score (nSPS) is 15.7. The molecule has 0 saturated carbocycles. The largest absolute Gasteiger partial charge is 0.368 e. The summed E-state index contributed by atoms with van der Waals surface area (Å²) in [5, 5.41) is 4.83. The van der Waals surface area contributed by atoms with Gasteiger partial charge in [-0.05, 0) is 53.5 Å². The SMILES string of the molecule is CC(CC(=O)N1CCN(c2ccc(NC(=O)c3cccs3)cc2)CC1)CC(C)(C)C. The van der Waals surface area contributed by atoms with Gasteiger partial charge in [0.15, 0.2) is 0 Å². The molecule has 1 saturated heterocycles. The molecule has 0 aliphatic carbocycles. The zero-order valence-corrected chi connectivity index (χ0v) is 19.3. The lowest BCUT2D eigenvalue weighted by Crippen LogP contribution is -2.49. The zero-order chi connectivity index (χ0) is 21.7. The van der Waals surface area contributed by atoms with Crippen LogP contribution in [-0.4, -0.2) is 42.9 Å². The highest BCUT2D eigenvalue weighted by atomic mass is 32.1. The average molecular weight is 428 g/mol. The molecule has 2 heterocycles. The standard InChI is InChI=1S/C24H33N3O2S/c1-18(17-24(2,3)4)16-22(28)27-13-11-26(12-14-27)20-9-7-19(8-10-20)25-23(29)21-6-5-15-30-21/h5-10,15,18H,11-14,16-17H2,1-4H3,(H,25,29). The quantitative estimate of drug-likeness (QED) is 0.697. The molecular weight excluding hydrogens is 394 g/mol. The van der Waals surface area contributed by atoms with Gasteiger partial charge in [0.1, 0.15) is 0 Å². The Morgan fingerprint density at radius 1 is 1.07 bits per heavy atom. The Kier molecular flexibility index (Phi) is 7.19. The molecule has 0 spiro atoms. The van der Waals surface area contributed by atoms with Gasteiger partial charge in [0.2, 0.25) is 5.91 Å².